The van der Waals surface area contributed by atoms with E-state index in [1.165, 1.54) is 18.0 Å². The average molecular weight is 269 g/mol. The van der Waals surface area contributed by atoms with E-state index in [0.717, 1.165) is 50.2 Å². The fourth-order valence-corrected chi connectivity index (χ4v) is 3.02. The Balaban J connectivity index is 1.96. The molecule has 0 spiro atoms. The van der Waals surface area contributed by atoms with Crippen LogP contribution in [0.15, 0.2) is 0 Å². The van der Waals surface area contributed by atoms with E-state index in [-0.39, 0.29) is 0 Å². The largest absolute Gasteiger partial charge is 0.346 e. The Morgan fingerprint density at radius 1 is 1.28 bits per heavy atom. The third-order valence-corrected chi connectivity index (χ3v) is 4.04. The quantitative estimate of drug-likeness (QED) is 0.888. The Kier molecular flexibility index (Phi) is 4.91. The van der Waals surface area contributed by atoms with Crippen LogP contribution in [0.3, 0.4) is 0 Å². The molecular weight excluding hydrogens is 246 g/mol. The van der Waals surface area contributed by atoms with Crippen LogP contribution >= 0.6 is 11.5 Å². The van der Waals surface area contributed by atoms with Gasteiger partial charge in [0.25, 0.3) is 0 Å². The first-order chi connectivity index (χ1) is 8.70. The summed E-state index contributed by atoms with van der Waals surface area (Å²) in [5, 5.41) is 1.08. The lowest BCUT2D eigenvalue weighted by Crippen LogP contribution is -2.33. The molecule has 2 rings (SSSR count). The Morgan fingerprint density at radius 2 is 2.11 bits per heavy atom. The summed E-state index contributed by atoms with van der Waals surface area (Å²) in [6.07, 6.45) is 1.18. The molecule has 1 saturated heterocycles. The molecule has 6 heteroatoms. The molecule has 1 aliphatic rings. The fraction of sp³-hybridized carbons (Fsp3) is 0.833. The summed E-state index contributed by atoms with van der Waals surface area (Å²) in [5.74, 6) is 1.38. The van der Waals surface area contributed by atoms with Crippen LogP contribution in [0.5, 0.6) is 0 Å². The maximum atomic E-state index is 5.62. The summed E-state index contributed by atoms with van der Waals surface area (Å²) in [6.45, 7) is 10.4. The summed E-state index contributed by atoms with van der Waals surface area (Å²) in [5.41, 5.74) is 5.62. The molecule has 0 amide bonds. The molecule has 0 atom stereocenters. The molecule has 0 radical (unpaired) electrons. The number of anilines is 1. The molecule has 1 aromatic rings. The van der Waals surface area contributed by atoms with E-state index in [4.69, 9.17) is 5.73 Å². The lowest BCUT2D eigenvalue weighted by molar-refractivity contribution is 0.302. The molecule has 0 aromatic carbocycles. The second-order valence-corrected chi connectivity index (χ2v) is 5.79. The summed E-state index contributed by atoms with van der Waals surface area (Å²) in [4.78, 5) is 9.43. The standard InChI is InChI=1S/C12H23N5S/c1-10(2)11-14-12(18-15-11)17-6-3-5-16(7-4-13)8-9-17/h10H,3-9,13H2,1-2H3. The van der Waals surface area contributed by atoms with Gasteiger partial charge in [-0.25, -0.2) is 4.98 Å². The molecule has 0 unspecified atom stereocenters. The van der Waals surface area contributed by atoms with Crippen molar-refractivity contribution in [1.82, 2.24) is 14.3 Å². The highest BCUT2D eigenvalue weighted by Gasteiger charge is 2.18. The Labute approximate surface area is 113 Å². The van der Waals surface area contributed by atoms with Gasteiger partial charge in [-0.2, -0.15) is 4.37 Å². The van der Waals surface area contributed by atoms with Gasteiger partial charge in [0.1, 0.15) is 5.82 Å². The summed E-state index contributed by atoms with van der Waals surface area (Å²) in [7, 11) is 0. The third kappa shape index (κ3) is 3.40. The van der Waals surface area contributed by atoms with Gasteiger partial charge in [-0.05, 0) is 13.0 Å². The molecule has 1 aromatic heterocycles. The minimum absolute atomic E-state index is 0.413. The Morgan fingerprint density at radius 3 is 2.78 bits per heavy atom. The topological polar surface area (TPSA) is 58.3 Å². The predicted molar refractivity (Wildman–Crippen MR) is 76.3 cm³/mol. The highest BCUT2D eigenvalue weighted by atomic mass is 32.1. The van der Waals surface area contributed by atoms with Crippen molar-refractivity contribution < 1.29 is 0 Å². The molecule has 1 aliphatic heterocycles. The van der Waals surface area contributed by atoms with Crippen molar-refractivity contribution in [2.75, 3.05) is 44.2 Å². The highest BCUT2D eigenvalue weighted by Crippen LogP contribution is 2.22. The molecule has 102 valence electrons. The molecule has 2 heterocycles. The molecular formula is C12H23N5S. The van der Waals surface area contributed by atoms with Crippen molar-refractivity contribution in [3.63, 3.8) is 0 Å². The van der Waals surface area contributed by atoms with Gasteiger partial charge in [0.05, 0.1) is 0 Å². The maximum absolute atomic E-state index is 5.62. The van der Waals surface area contributed by atoms with Crippen LogP contribution in [0.4, 0.5) is 5.13 Å². The van der Waals surface area contributed by atoms with E-state index in [1.54, 1.807) is 0 Å². The third-order valence-electron chi connectivity index (χ3n) is 3.25. The van der Waals surface area contributed by atoms with E-state index < -0.39 is 0 Å². The minimum atomic E-state index is 0.413. The summed E-state index contributed by atoms with van der Waals surface area (Å²) in [6, 6.07) is 0. The van der Waals surface area contributed by atoms with Crippen LogP contribution in [0.25, 0.3) is 0 Å². The van der Waals surface area contributed by atoms with Crippen LogP contribution in [0, 0.1) is 0 Å². The van der Waals surface area contributed by atoms with E-state index >= 15 is 0 Å². The SMILES string of the molecule is CC(C)c1nsc(N2CCCN(CCN)CC2)n1. The van der Waals surface area contributed by atoms with Crippen molar-refractivity contribution in [1.29, 1.82) is 0 Å². The predicted octanol–water partition coefficient (Wildman–Crippen LogP) is 1.13. The number of rotatable bonds is 4. The van der Waals surface area contributed by atoms with Gasteiger partial charge in [-0.15, -0.1) is 0 Å². The van der Waals surface area contributed by atoms with Crippen molar-refractivity contribution in [3.8, 4) is 0 Å². The molecule has 5 nitrogen and oxygen atoms in total. The number of nitrogens with zero attached hydrogens (tertiary/aromatic N) is 4. The van der Waals surface area contributed by atoms with Crippen LogP contribution < -0.4 is 10.6 Å². The Bertz CT molecular complexity index is 365. The molecule has 0 bridgehead atoms. The van der Waals surface area contributed by atoms with Crippen molar-refractivity contribution in [2.45, 2.75) is 26.2 Å². The Hall–Kier alpha value is -0.720. The van der Waals surface area contributed by atoms with Gasteiger partial charge in [0.2, 0.25) is 5.13 Å². The van der Waals surface area contributed by atoms with Gasteiger partial charge in [0, 0.05) is 50.2 Å². The maximum Gasteiger partial charge on any atom is 0.205 e. The van der Waals surface area contributed by atoms with E-state index in [9.17, 15) is 0 Å². The number of hydrogen-bond donors (Lipinski definition) is 1. The van der Waals surface area contributed by atoms with E-state index in [0.29, 0.717) is 5.92 Å². The van der Waals surface area contributed by atoms with E-state index in [1.807, 2.05) is 0 Å². The van der Waals surface area contributed by atoms with Crippen LogP contribution in [0.1, 0.15) is 32.0 Å². The first-order valence-electron chi connectivity index (χ1n) is 6.71. The smallest absolute Gasteiger partial charge is 0.205 e. The fourth-order valence-electron chi connectivity index (χ4n) is 2.16. The zero-order chi connectivity index (χ0) is 13.0. The normalized spacial score (nSPS) is 18.3. The molecule has 18 heavy (non-hydrogen) atoms. The molecule has 0 aliphatic carbocycles. The second kappa shape index (κ2) is 6.45. The van der Waals surface area contributed by atoms with Gasteiger partial charge >= 0.3 is 0 Å². The van der Waals surface area contributed by atoms with Crippen molar-refractivity contribution in [2.24, 2.45) is 5.73 Å². The minimum Gasteiger partial charge on any atom is -0.346 e. The zero-order valence-electron chi connectivity index (χ0n) is 11.3. The van der Waals surface area contributed by atoms with Gasteiger partial charge < -0.3 is 15.5 Å². The van der Waals surface area contributed by atoms with Crippen molar-refractivity contribution >= 4 is 16.7 Å². The average Bonchev–Trinajstić information content (AvgIpc) is 2.72. The second-order valence-electron chi connectivity index (χ2n) is 5.06. The molecule has 1 fully saturated rings. The molecule has 0 saturated carbocycles. The van der Waals surface area contributed by atoms with Gasteiger partial charge in [0.15, 0.2) is 0 Å². The molecule has 2 N–H and O–H groups in total. The van der Waals surface area contributed by atoms with Crippen molar-refractivity contribution in [3.05, 3.63) is 5.82 Å². The zero-order valence-corrected chi connectivity index (χ0v) is 12.1. The number of hydrogen-bond acceptors (Lipinski definition) is 6. The first kappa shape index (κ1) is 13.7. The van der Waals surface area contributed by atoms with E-state index in [2.05, 4.69) is 33.0 Å². The first-order valence-corrected chi connectivity index (χ1v) is 7.49. The van der Waals surface area contributed by atoms with Gasteiger partial charge in [-0.1, -0.05) is 13.8 Å². The highest BCUT2D eigenvalue weighted by molar-refractivity contribution is 7.09. The van der Waals surface area contributed by atoms with Crippen LogP contribution in [-0.2, 0) is 0 Å². The summed E-state index contributed by atoms with van der Waals surface area (Å²) >= 11 is 1.53. The lowest BCUT2D eigenvalue weighted by atomic mass is 10.2. The number of nitrogens with two attached hydrogens (primary N) is 1. The van der Waals surface area contributed by atoms with Gasteiger partial charge in [-0.3, -0.25) is 0 Å². The monoisotopic (exact) mass is 269 g/mol. The van der Waals surface area contributed by atoms with Crippen LogP contribution in [-0.4, -0.2) is 53.5 Å². The summed E-state index contributed by atoms with van der Waals surface area (Å²) < 4.78 is 4.43. The van der Waals surface area contributed by atoms with Crippen LogP contribution in [0.2, 0.25) is 0 Å². The number of aromatic nitrogens is 2. The lowest BCUT2D eigenvalue weighted by Gasteiger charge is -2.20.